The zero-order valence-electron chi connectivity index (χ0n) is 10.9. The highest BCUT2D eigenvalue weighted by molar-refractivity contribution is 5.38. The molecule has 0 heteroatoms. The molecule has 0 fully saturated rings. The maximum absolute atomic E-state index is 3.40. The van der Waals surface area contributed by atoms with Gasteiger partial charge in [0.05, 0.1) is 0 Å². The number of hydrogen-bond acceptors (Lipinski definition) is 0. The molecule has 0 saturated heterocycles. The monoisotopic (exact) mass is 234 g/mol. The van der Waals surface area contributed by atoms with Gasteiger partial charge in [-0.25, -0.2) is 0 Å². The zero-order valence-corrected chi connectivity index (χ0v) is 10.9. The maximum Gasteiger partial charge on any atom is 0.0478 e. The van der Waals surface area contributed by atoms with Crippen LogP contribution in [0.2, 0.25) is 0 Å². The third-order valence-corrected chi connectivity index (χ3v) is 2.97. The van der Waals surface area contributed by atoms with Gasteiger partial charge in [0.25, 0.3) is 0 Å². The Labute approximate surface area is 110 Å². The van der Waals surface area contributed by atoms with Crippen LogP contribution in [0.1, 0.15) is 30.9 Å². The first-order valence-corrected chi connectivity index (χ1v) is 6.39. The van der Waals surface area contributed by atoms with Crippen molar-refractivity contribution < 1.29 is 0 Å². The van der Waals surface area contributed by atoms with Crippen molar-refractivity contribution in [3.05, 3.63) is 71.8 Å². The van der Waals surface area contributed by atoms with Crippen LogP contribution in [0.3, 0.4) is 0 Å². The molecule has 0 aromatic heterocycles. The Bertz CT molecular complexity index is 527. The Morgan fingerprint density at radius 3 is 1.89 bits per heavy atom. The van der Waals surface area contributed by atoms with Crippen molar-refractivity contribution in [2.75, 3.05) is 0 Å². The summed E-state index contributed by atoms with van der Waals surface area (Å²) in [7, 11) is 0. The summed E-state index contributed by atoms with van der Waals surface area (Å²) in [5.74, 6) is 7.49. The fraction of sp³-hybridized carbons (Fsp3) is 0.222. The quantitative estimate of drug-likeness (QED) is 0.672. The summed E-state index contributed by atoms with van der Waals surface area (Å²) in [4.78, 5) is 0. The second-order valence-electron chi connectivity index (χ2n) is 4.77. The lowest BCUT2D eigenvalue weighted by Gasteiger charge is -2.14. The van der Waals surface area contributed by atoms with Gasteiger partial charge in [-0.15, -0.1) is 0 Å². The molecule has 0 heterocycles. The van der Waals surface area contributed by atoms with Gasteiger partial charge in [-0.05, 0) is 23.6 Å². The molecule has 2 aromatic rings. The molecule has 18 heavy (non-hydrogen) atoms. The van der Waals surface area contributed by atoms with Crippen molar-refractivity contribution in [3.8, 4) is 11.8 Å². The van der Waals surface area contributed by atoms with Crippen LogP contribution >= 0.6 is 0 Å². The zero-order chi connectivity index (χ0) is 12.8. The Balaban J connectivity index is 2.26. The predicted molar refractivity (Wildman–Crippen MR) is 77.3 cm³/mol. The van der Waals surface area contributed by atoms with Crippen molar-refractivity contribution >= 4 is 0 Å². The van der Waals surface area contributed by atoms with Crippen LogP contribution in [0.25, 0.3) is 0 Å². The molecule has 2 rings (SSSR count). The van der Waals surface area contributed by atoms with Gasteiger partial charge in [-0.3, -0.25) is 0 Å². The van der Waals surface area contributed by atoms with Crippen LogP contribution in [0.15, 0.2) is 60.7 Å². The van der Waals surface area contributed by atoms with E-state index in [1.54, 1.807) is 0 Å². The third-order valence-electron chi connectivity index (χ3n) is 2.97. The van der Waals surface area contributed by atoms with Crippen LogP contribution in [0, 0.1) is 17.8 Å². The average molecular weight is 234 g/mol. The molecule has 0 radical (unpaired) electrons. The second-order valence-corrected chi connectivity index (χ2v) is 4.77. The summed E-state index contributed by atoms with van der Waals surface area (Å²) in [6.07, 6.45) is 0. The lowest BCUT2D eigenvalue weighted by atomic mass is 9.89. The van der Waals surface area contributed by atoms with Crippen LogP contribution in [-0.4, -0.2) is 0 Å². The Morgan fingerprint density at radius 2 is 1.33 bits per heavy atom. The number of hydrogen-bond donors (Lipinski definition) is 0. The Morgan fingerprint density at radius 1 is 0.778 bits per heavy atom. The van der Waals surface area contributed by atoms with E-state index in [1.807, 2.05) is 24.3 Å². The van der Waals surface area contributed by atoms with Crippen molar-refractivity contribution in [2.24, 2.45) is 5.92 Å². The average Bonchev–Trinajstić information content (AvgIpc) is 2.41. The van der Waals surface area contributed by atoms with Crippen LogP contribution in [-0.2, 0) is 0 Å². The van der Waals surface area contributed by atoms with Crippen LogP contribution in [0.5, 0.6) is 0 Å². The lowest BCUT2D eigenvalue weighted by molar-refractivity contribution is 0.592. The van der Waals surface area contributed by atoms with E-state index >= 15 is 0 Å². The molecule has 90 valence electrons. The third kappa shape index (κ3) is 3.25. The van der Waals surface area contributed by atoms with E-state index in [4.69, 9.17) is 0 Å². The summed E-state index contributed by atoms with van der Waals surface area (Å²) in [6, 6.07) is 20.7. The van der Waals surface area contributed by atoms with Gasteiger partial charge in [-0.1, -0.05) is 74.2 Å². The van der Waals surface area contributed by atoms with Crippen molar-refractivity contribution in [1.82, 2.24) is 0 Å². The van der Waals surface area contributed by atoms with E-state index in [-0.39, 0.29) is 0 Å². The standard InChI is InChI=1S/C18H18/c1-15(2)18(17-11-7-4-8-12-17)14-13-16-9-5-3-6-10-16/h3-12,15,18H,1-2H3/t18-/m1/s1. The van der Waals surface area contributed by atoms with Gasteiger partial charge in [0.2, 0.25) is 0 Å². The fourth-order valence-corrected chi connectivity index (χ4v) is 1.98. The normalized spacial score (nSPS) is 11.7. The Hall–Kier alpha value is -2.00. The smallest absolute Gasteiger partial charge is 0.0478 e. The second kappa shape index (κ2) is 6.07. The molecule has 1 atom stereocenters. The molecular formula is C18H18. The first kappa shape index (κ1) is 12.5. The molecule has 0 amide bonds. The van der Waals surface area contributed by atoms with Crippen molar-refractivity contribution in [3.63, 3.8) is 0 Å². The summed E-state index contributed by atoms with van der Waals surface area (Å²) >= 11 is 0. The van der Waals surface area contributed by atoms with Crippen molar-refractivity contribution in [2.45, 2.75) is 19.8 Å². The lowest BCUT2D eigenvalue weighted by Crippen LogP contribution is -2.04. The van der Waals surface area contributed by atoms with Gasteiger partial charge in [0.15, 0.2) is 0 Å². The molecule has 0 aliphatic rings. The van der Waals surface area contributed by atoms with E-state index in [9.17, 15) is 0 Å². The summed E-state index contributed by atoms with van der Waals surface area (Å²) < 4.78 is 0. The highest BCUT2D eigenvalue weighted by Crippen LogP contribution is 2.23. The van der Waals surface area contributed by atoms with Gasteiger partial charge in [0, 0.05) is 11.5 Å². The highest BCUT2D eigenvalue weighted by Gasteiger charge is 2.12. The SMILES string of the molecule is CC(C)[C@@H](C#Cc1ccccc1)c1ccccc1. The fourth-order valence-electron chi connectivity index (χ4n) is 1.98. The van der Waals surface area contributed by atoms with E-state index in [0.717, 1.165) is 5.56 Å². The molecule has 0 bridgehead atoms. The minimum Gasteiger partial charge on any atom is -0.0894 e. The van der Waals surface area contributed by atoms with Crippen molar-refractivity contribution in [1.29, 1.82) is 0 Å². The number of benzene rings is 2. The van der Waals surface area contributed by atoms with E-state index in [1.165, 1.54) is 5.56 Å². The summed E-state index contributed by atoms with van der Waals surface area (Å²) in [5, 5.41) is 0. The molecule has 0 nitrogen and oxygen atoms in total. The molecular weight excluding hydrogens is 216 g/mol. The predicted octanol–water partition coefficient (Wildman–Crippen LogP) is 4.48. The summed E-state index contributed by atoms with van der Waals surface area (Å²) in [6.45, 7) is 4.44. The molecule has 0 aliphatic heterocycles. The largest absolute Gasteiger partial charge is 0.0894 e. The molecule has 2 aromatic carbocycles. The topological polar surface area (TPSA) is 0 Å². The minimum absolute atomic E-state index is 0.298. The van der Waals surface area contributed by atoms with Gasteiger partial charge >= 0.3 is 0 Å². The number of rotatable bonds is 2. The Kier molecular flexibility index (Phi) is 4.20. The molecule has 0 unspecified atom stereocenters. The van der Waals surface area contributed by atoms with Crippen LogP contribution in [0.4, 0.5) is 0 Å². The van der Waals surface area contributed by atoms with E-state index < -0.39 is 0 Å². The molecule has 0 saturated carbocycles. The first-order chi connectivity index (χ1) is 8.77. The molecule has 0 N–H and O–H groups in total. The maximum atomic E-state index is 3.40. The molecule has 0 spiro atoms. The molecule has 0 aliphatic carbocycles. The first-order valence-electron chi connectivity index (χ1n) is 6.39. The minimum atomic E-state index is 0.298. The summed E-state index contributed by atoms with van der Waals surface area (Å²) in [5.41, 5.74) is 2.38. The van der Waals surface area contributed by atoms with E-state index in [2.05, 4.69) is 62.1 Å². The van der Waals surface area contributed by atoms with E-state index in [0.29, 0.717) is 11.8 Å². The highest BCUT2D eigenvalue weighted by atomic mass is 14.1. The van der Waals surface area contributed by atoms with Crippen LogP contribution < -0.4 is 0 Å². The van der Waals surface area contributed by atoms with Gasteiger partial charge in [-0.2, -0.15) is 0 Å². The van der Waals surface area contributed by atoms with Gasteiger partial charge in [0.1, 0.15) is 0 Å². The van der Waals surface area contributed by atoms with Gasteiger partial charge < -0.3 is 0 Å².